The normalized spacial score (nSPS) is 12.5. The van der Waals surface area contributed by atoms with Gasteiger partial charge in [0.15, 0.2) is 5.60 Å². The number of halogens is 1. The van der Waals surface area contributed by atoms with Crippen molar-refractivity contribution in [2.24, 2.45) is 0 Å². The summed E-state index contributed by atoms with van der Waals surface area (Å²) in [5, 5.41) is 17.6. The summed E-state index contributed by atoms with van der Waals surface area (Å²) in [5.41, 5.74) is 2.45. The summed E-state index contributed by atoms with van der Waals surface area (Å²) in [4.78, 5) is 34.6. The number of carbonyl (C=O) groups excluding carboxylic acids is 2. The Morgan fingerprint density at radius 2 is 1.48 bits per heavy atom. The minimum Gasteiger partial charge on any atom is -0.520 e. The standard InChI is InChI=1S/C35H28ClN3O5P.Fm/c36-32-9-5-4-8-31(32)35(25-6-2-1-3-7-25,26-12-20-30(45)21-13-26)44-29-18-10-24(11-19-29)22-33(37-23-40)34(41)38-27-14-16-28(17-15-27)39(42)43;/h1-21,33H,22,45H2,(H,37,40)(H,38,41);/q-1;. The molecule has 46 heavy (non-hydrogen) atoms. The van der Waals surface area contributed by atoms with Gasteiger partial charge in [-0.15, -0.1) is 9.24 Å². The minimum atomic E-state index is -1.10. The van der Waals surface area contributed by atoms with Crippen LogP contribution in [0.4, 0.5) is 11.4 Å². The fourth-order valence-electron chi connectivity index (χ4n) is 5.07. The summed E-state index contributed by atoms with van der Waals surface area (Å²) >= 11 is 6.84. The fourth-order valence-corrected chi connectivity index (χ4v) is 5.53. The number of rotatable bonds is 12. The molecule has 0 aliphatic carbocycles. The van der Waals surface area contributed by atoms with Crippen LogP contribution in [0.15, 0.2) is 127 Å². The maximum absolute atomic E-state index is 13.0. The maximum Gasteiger partial charge on any atom is 0.269 e. The summed E-state index contributed by atoms with van der Waals surface area (Å²) in [6.45, 7) is 0. The van der Waals surface area contributed by atoms with Crippen molar-refractivity contribution in [2.75, 3.05) is 5.32 Å². The summed E-state index contributed by atoms with van der Waals surface area (Å²) in [7, 11) is 2.70. The first-order valence-corrected chi connectivity index (χ1v) is 14.9. The van der Waals surface area contributed by atoms with E-state index in [4.69, 9.17) is 16.3 Å². The van der Waals surface area contributed by atoms with Gasteiger partial charge in [0.25, 0.3) is 5.69 Å². The predicted octanol–water partition coefficient (Wildman–Crippen LogP) is 6.33. The number of anilines is 1. The largest absolute Gasteiger partial charge is 0.520 e. The van der Waals surface area contributed by atoms with Crippen LogP contribution in [0.25, 0.3) is 0 Å². The molecule has 5 aromatic carbocycles. The first kappa shape index (κ1) is 32.9. The number of nitrogens with zero attached hydrogens (tertiary/aromatic N) is 1. The van der Waals surface area contributed by atoms with E-state index in [2.05, 4.69) is 19.9 Å². The number of ether oxygens (including phenoxy) is 1. The van der Waals surface area contributed by atoms with Crippen molar-refractivity contribution in [3.8, 4) is 5.75 Å². The quantitative estimate of drug-likeness (QED) is 0.0381. The van der Waals surface area contributed by atoms with Crippen LogP contribution in [0, 0.1) is 10.1 Å². The van der Waals surface area contributed by atoms with E-state index in [0.717, 1.165) is 27.6 Å². The van der Waals surface area contributed by atoms with Gasteiger partial charge in [0.1, 0.15) is 5.75 Å². The van der Waals surface area contributed by atoms with E-state index in [-0.39, 0.29) is 12.1 Å². The second-order valence-corrected chi connectivity index (χ2v) is 11.3. The zero-order valence-electron chi connectivity index (χ0n) is 24.1. The topological polar surface area (TPSA) is 111 Å². The molecular formula is C35H28ClFmN3O5P-. The van der Waals surface area contributed by atoms with E-state index in [0.29, 0.717) is 16.5 Å². The van der Waals surface area contributed by atoms with Gasteiger partial charge in [-0.05, 0) is 47.6 Å². The molecule has 2 amide bonds. The third-order valence-corrected chi connectivity index (χ3v) is 7.99. The molecule has 238 valence electrons. The van der Waals surface area contributed by atoms with Gasteiger partial charge in [0.2, 0.25) is 5.91 Å². The molecule has 0 aromatic heterocycles. The van der Waals surface area contributed by atoms with E-state index in [1.807, 2.05) is 103 Å². The monoisotopic (exact) mass is 893 g/mol. The summed E-state index contributed by atoms with van der Waals surface area (Å²) in [6, 6.07) is 37.2. The molecule has 3 atom stereocenters. The van der Waals surface area contributed by atoms with Crippen molar-refractivity contribution < 1.29 is 19.2 Å². The Kier molecular flexibility index (Phi) is 10.4. The number of amides is 2. The molecule has 0 saturated heterocycles. The Morgan fingerprint density at radius 1 is 0.870 bits per heavy atom. The van der Waals surface area contributed by atoms with Gasteiger partial charge < -0.3 is 20.2 Å². The predicted molar refractivity (Wildman–Crippen MR) is 179 cm³/mol. The molecule has 0 fully saturated rings. The Balaban J connectivity index is 0.00000480. The third kappa shape index (κ3) is 7.18. The first-order valence-electron chi connectivity index (χ1n) is 13.9. The summed E-state index contributed by atoms with van der Waals surface area (Å²) in [5.74, 6) is 0.0612. The molecular weight excluding hydrogens is 866 g/mol. The molecule has 8 nitrogen and oxygen atoms in total. The average molecular weight is 894 g/mol. The van der Waals surface area contributed by atoms with Crippen molar-refractivity contribution in [3.05, 3.63) is 165 Å². The third-order valence-electron chi connectivity index (χ3n) is 7.28. The van der Waals surface area contributed by atoms with Gasteiger partial charge in [0.05, 0.1) is 11.0 Å². The van der Waals surface area contributed by atoms with Crippen LogP contribution >= 0.6 is 20.8 Å². The number of non-ortho nitro benzene ring substituents is 1. The molecule has 0 heterocycles. The van der Waals surface area contributed by atoms with Crippen LogP contribution in [0.3, 0.4) is 0 Å². The smallest absolute Gasteiger partial charge is 0.269 e. The number of carbonyl (C=O) groups is 1. The molecule has 0 aliphatic heterocycles. The van der Waals surface area contributed by atoms with Crippen molar-refractivity contribution in [1.29, 1.82) is 0 Å². The van der Waals surface area contributed by atoms with Gasteiger partial charge in [-0.1, -0.05) is 96.5 Å². The first-order chi connectivity index (χ1) is 21.8. The Morgan fingerprint density at radius 3 is 2.09 bits per heavy atom. The van der Waals surface area contributed by atoms with E-state index in [9.17, 15) is 19.7 Å². The van der Waals surface area contributed by atoms with Crippen LogP contribution in [-0.4, -0.2) is 23.3 Å². The number of benzene rings is 5. The Hall–Kier alpha value is -6.04. The Bertz CT molecular complexity index is 1790. The SMILES string of the molecule is O=[C-]NC(Cc1ccc(OC(c2ccccc2)(c2ccc(P)cc2)c2ccccc2Cl)cc1)C(=O)Nc1ccc([N+](=O)[O-])cc1.[Fm]. The van der Waals surface area contributed by atoms with Gasteiger partial charge in [-0.25, -0.2) is 0 Å². The summed E-state index contributed by atoms with van der Waals surface area (Å²) in [6.07, 6.45) is 1.76. The molecule has 5 rings (SSSR count). The molecule has 3 unspecified atom stereocenters. The molecule has 0 aliphatic rings. The van der Waals surface area contributed by atoms with E-state index < -0.39 is 22.5 Å². The second-order valence-electron chi connectivity index (χ2n) is 10.2. The van der Waals surface area contributed by atoms with Crippen LogP contribution < -0.4 is 20.7 Å². The average Bonchev–Trinajstić information content (AvgIpc) is 3.05. The van der Waals surface area contributed by atoms with E-state index in [1.165, 1.54) is 24.3 Å². The number of nitro groups is 1. The van der Waals surface area contributed by atoms with Gasteiger partial charge in [0, 0.05) is 39.5 Å². The number of hydrogen-bond acceptors (Lipinski definition) is 5. The van der Waals surface area contributed by atoms with Crippen molar-refractivity contribution >= 4 is 49.8 Å². The molecule has 0 saturated carbocycles. The van der Waals surface area contributed by atoms with Gasteiger partial charge in [-0.3, -0.25) is 14.9 Å². The molecule has 0 radical (unpaired) electrons. The zero-order chi connectivity index (χ0) is 31.8. The fraction of sp³-hybridized carbons (Fsp3) is 0.0857. The van der Waals surface area contributed by atoms with Crippen LogP contribution in [0.5, 0.6) is 5.75 Å². The number of hydrogen-bond donors (Lipinski definition) is 2. The van der Waals surface area contributed by atoms with E-state index in [1.54, 1.807) is 6.41 Å². The number of nitrogens with one attached hydrogen (secondary N) is 2. The molecule has 0 bridgehead atoms. The Labute approximate surface area is 267 Å². The zero-order valence-corrected chi connectivity index (χ0v) is 28.5. The van der Waals surface area contributed by atoms with Crippen LogP contribution in [-0.2, 0) is 21.6 Å². The van der Waals surface area contributed by atoms with Crippen molar-refractivity contribution in [3.63, 3.8) is 0 Å². The maximum atomic E-state index is 13.0. The molecule has 0 spiro atoms. The second kappa shape index (κ2) is 14.6. The van der Waals surface area contributed by atoms with Gasteiger partial charge in [-0.2, -0.15) is 6.41 Å². The molecule has 5 aromatic rings. The molecule has 2 N–H and O–H groups in total. The van der Waals surface area contributed by atoms with Crippen LogP contribution in [0.2, 0.25) is 5.02 Å². The summed E-state index contributed by atoms with van der Waals surface area (Å²) < 4.78 is 6.94. The van der Waals surface area contributed by atoms with Crippen molar-refractivity contribution in [2.45, 2.75) is 18.1 Å². The van der Waals surface area contributed by atoms with E-state index >= 15 is 0 Å². The van der Waals surface area contributed by atoms with Crippen LogP contribution in [0.1, 0.15) is 22.3 Å². The molecule has 11 heteroatoms. The number of nitro benzene ring substituents is 1. The van der Waals surface area contributed by atoms with Gasteiger partial charge >= 0.3 is 0 Å². The van der Waals surface area contributed by atoms with Crippen molar-refractivity contribution in [1.82, 2.24) is 5.32 Å². The minimum absolute atomic E-state index is 0.